The number of nitrogens with zero attached hydrogens (tertiary/aromatic N) is 1. The number of carbonyl (C=O) groups excluding carboxylic acids is 2. The first kappa shape index (κ1) is 18.4. The molecule has 1 N–H and O–H groups in total. The fraction of sp³-hybridized carbons (Fsp3) is 0.286. The number of aryl methyl sites for hydroxylation is 1. The topological polar surface area (TPSA) is 77.5 Å². The molecule has 0 spiro atoms. The van der Waals surface area contributed by atoms with E-state index < -0.39 is 0 Å². The zero-order chi connectivity index (χ0) is 19.5. The molecule has 28 heavy (non-hydrogen) atoms. The van der Waals surface area contributed by atoms with Gasteiger partial charge in [0.1, 0.15) is 0 Å². The molecule has 4 rings (SSSR count). The number of fused-ring (bicyclic) bond motifs is 2. The van der Waals surface area contributed by atoms with E-state index in [1.165, 1.54) is 0 Å². The van der Waals surface area contributed by atoms with Crippen LogP contribution in [0, 0.1) is 6.92 Å². The molecule has 0 saturated heterocycles. The second kappa shape index (κ2) is 7.98. The van der Waals surface area contributed by atoms with Crippen molar-refractivity contribution < 1.29 is 19.1 Å². The van der Waals surface area contributed by atoms with Crippen LogP contribution in [-0.2, 0) is 4.79 Å². The number of rotatable bonds is 5. The van der Waals surface area contributed by atoms with Crippen molar-refractivity contribution in [2.75, 3.05) is 18.5 Å². The number of hydrogen-bond donors (Lipinski definition) is 1. The molecule has 1 aliphatic heterocycles. The SMILES string of the molecule is Cc1nc2ccc(NC(=O)CCC(=O)c3ccc4c(c3)OCCCO4)cc2s1. The number of amides is 1. The average Bonchev–Trinajstić information content (AvgIpc) is 2.90. The highest BCUT2D eigenvalue weighted by molar-refractivity contribution is 7.18. The van der Waals surface area contributed by atoms with E-state index in [4.69, 9.17) is 9.47 Å². The third-order valence-electron chi connectivity index (χ3n) is 4.43. The Bertz CT molecular complexity index is 1040. The van der Waals surface area contributed by atoms with Crippen LogP contribution < -0.4 is 14.8 Å². The molecule has 6 nitrogen and oxygen atoms in total. The van der Waals surface area contributed by atoms with E-state index in [9.17, 15) is 9.59 Å². The van der Waals surface area contributed by atoms with Crippen LogP contribution in [0.2, 0.25) is 0 Å². The lowest BCUT2D eigenvalue weighted by Crippen LogP contribution is -2.13. The highest BCUT2D eigenvalue weighted by Crippen LogP contribution is 2.31. The standard InChI is InChI=1S/C21H20N2O4S/c1-13-22-16-5-4-15(12-20(16)28-13)23-21(25)8-6-17(24)14-3-7-18-19(11-14)27-10-2-9-26-18/h3-5,7,11-12H,2,6,8-10H2,1H3,(H,23,25). The van der Waals surface area contributed by atoms with Crippen LogP contribution in [0.15, 0.2) is 36.4 Å². The summed E-state index contributed by atoms with van der Waals surface area (Å²) in [6.07, 6.45) is 1.06. The summed E-state index contributed by atoms with van der Waals surface area (Å²) in [5.41, 5.74) is 2.16. The Morgan fingerprint density at radius 1 is 1.07 bits per heavy atom. The number of thiazole rings is 1. The Morgan fingerprint density at radius 3 is 2.75 bits per heavy atom. The number of ether oxygens (including phenoxy) is 2. The maximum atomic E-state index is 12.5. The highest BCUT2D eigenvalue weighted by atomic mass is 32.1. The molecule has 1 amide bonds. The largest absolute Gasteiger partial charge is 0.490 e. The van der Waals surface area contributed by atoms with Gasteiger partial charge in [0.25, 0.3) is 0 Å². The van der Waals surface area contributed by atoms with Gasteiger partial charge in [0.15, 0.2) is 17.3 Å². The van der Waals surface area contributed by atoms with E-state index in [0.717, 1.165) is 21.6 Å². The maximum Gasteiger partial charge on any atom is 0.224 e. The minimum atomic E-state index is -0.191. The van der Waals surface area contributed by atoms with Crippen LogP contribution in [0.1, 0.15) is 34.6 Å². The average molecular weight is 396 g/mol. The number of aromatic nitrogens is 1. The number of carbonyl (C=O) groups is 2. The highest BCUT2D eigenvalue weighted by Gasteiger charge is 2.15. The lowest BCUT2D eigenvalue weighted by atomic mass is 10.1. The van der Waals surface area contributed by atoms with Crippen molar-refractivity contribution in [2.45, 2.75) is 26.2 Å². The molecule has 144 valence electrons. The summed E-state index contributed by atoms with van der Waals surface area (Å²) in [6, 6.07) is 10.8. The van der Waals surface area contributed by atoms with Crippen molar-refractivity contribution in [1.82, 2.24) is 4.98 Å². The van der Waals surface area contributed by atoms with Crippen LogP contribution in [-0.4, -0.2) is 29.9 Å². The van der Waals surface area contributed by atoms with Gasteiger partial charge in [-0.15, -0.1) is 11.3 Å². The van der Waals surface area contributed by atoms with Gasteiger partial charge >= 0.3 is 0 Å². The number of nitrogens with one attached hydrogen (secondary N) is 1. The van der Waals surface area contributed by atoms with Gasteiger partial charge in [-0.2, -0.15) is 0 Å². The molecule has 7 heteroatoms. The summed E-state index contributed by atoms with van der Waals surface area (Å²) >= 11 is 1.58. The van der Waals surface area contributed by atoms with Crippen LogP contribution in [0.5, 0.6) is 11.5 Å². The van der Waals surface area contributed by atoms with Gasteiger partial charge in [0.2, 0.25) is 5.91 Å². The molecular weight excluding hydrogens is 376 g/mol. The van der Waals surface area contributed by atoms with Gasteiger partial charge in [0.05, 0.1) is 28.4 Å². The van der Waals surface area contributed by atoms with E-state index in [2.05, 4.69) is 10.3 Å². The summed E-state index contributed by atoms with van der Waals surface area (Å²) < 4.78 is 12.2. The summed E-state index contributed by atoms with van der Waals surface area (Å²) in [5, 5.41) is 3.84. The van der Waals surface area contributed by atoms with Gasteiger partial charge in [-0.05, 0) is 43.3 Å². The third kappa shape index (κ3) is 4.14. The number of Topliss-reactive ketones (excluding diaryl/α,β-unsaturated/α-hetero) is 1. The number of ketones is 1. The summed E-state index contributed by atoms with van der Waals surface area (Å²) in [6.45, 7) is 3.12. The molecule has 0 aliphatic carbocycles. The van der Waals surface area contributed by atoms with Gasteiger partial charge < -0.3 is 14.8 Å². The van der Waals surface area contributed by atoms with Crippen molar-refractivity contribution >= 4 is 38.9 Å². The van der Waals surface area contributed by atoms with E-state index in [0.29, 0.717) is 36.0 Å². The van der Waals surface area contributed by atoms with E-state index >= 15 is 0 Å². The van der Waals surface area contributed by atoms with Gasteiger partial charge in [0, 0.05) is 30.5 Å². The lowest BCUT2D eigenvalue weighted by Gasteiger charge is -2.09. The van der Waals surface area contributed by atoms with Gasteiger partial charge in [-0.1, -0.05) is 0 Å². The molecule has 0 bridgehead atoms. The van der Waals surface area contributed by atoms with Crippen molar-refractivity contribution in [3.63, 3.8) is 0 Å². The van der Waals surface area contributed by atoms with E-state index in [1.807, 2.05) is 25.1 Å². The minimum absolute atomic E-state index is 0.0978. The van der Waals surface area contributed by atoms with Crippen molar-refractivity contribution in [3.05, 3.63) is 47.0 Å². The summed E-state index contributed by atoms with van der Waals surface area (Å²) in [7, 11) is 0. The Morgan fingerprint density at radius 2 is 1.89 bits per heavy atom. The molecule has 0 fully saturated rings. The van der Waals surface area contributed by atoms with Crippen LogP contribution in [0.25, 0.3) is 10.2 Å². The Kier molecular flexibility index (Phi) is 5.25. The Hall–Kier alpha value is -2.93. The van der Waals surface area contributed by atoms with Gasteiger partial charge in [-0.25, -0.2) is 4.98 Å². The molecule has 0 saturated carbocycles. The smallest absolute Gasteiger partial charge is 0.224 e. The van der Waals surface area contributed by atoms with Crippen molar-refractivity contribution in [1.29, 1.82) is 0 Å². The first-order valence-corrected chi connectivity index (χ1v) is 10.00. The first-order chi connectivity index (χ1) is 13.6. The van der Waals surface area contributed by atoms with Crippen LogP contribution in [0.3, 0.4) is 0 Å². The summed E-state index contributed by atoms with van der Waals surface area (Å²) in [5.74, 6) is 0.948. The third-order valence-corrected chi connectivity index (χ3v) is 5.36. The molecule has 3 aromatic rings. The maximum absolute atomic E-state index is 12.5. The molecular formula is C21H20N2O4S. The number of anilines is 1. The predicted molar refractivity (Wildman–Crippen MR) is 109 cm³/mol. The molecule has 1 aromatic heterocycles. The quantitative estimate of drug-likeness (QED) is 0.648. The zero-order valence-electron chi connectivity index (χ0n) is 15.5. The monoisotopic (exact) mass is 396 g/mol. The molecule has 2 aromatic carbocycles. The van der Waals surface area contributed by atoms with Crippen LogP contribution >= 0.6 is 11.3 Å². The fourth-order valence-corrected chi connectivity index (χ4v) is 3.92. The second-order valence-corrected chi connectivity index (χ2v) is 7.83. The molecule has 0 atom stereocenters. The Balaban J connectivity index is 1.36. The van der Waals surface area contributed by atoms with Crippen molar-refractivity contribution in [3.8, 4) is 11.5 Å². The molecule has 0 radical (unpaired) electrons. The predicted octanol–water partition coefficient (Wildman–Crippen LogP) is 4.37. The number of benzene rings is 2. The zero-order valence-corrected chi connectivity index (χ0v) is 16.3. The van der Waals surface area contributed by atoms with E-state index in [-0.39, 0.29) is 24.5 Å². The van der Waals surface area contributed by atoms with Gasteiger partial charge in [-0.3, -0.25) is 9.59 Å². The molecule has 1 aliphatic rings. The minimum Gasteiger partial charge on any atom is -0.490 e. The second-order valence-electron chi connectivity index (χ2n) is 6.60. The lowest BCUT2D eigenvalue weighted by molar-refractivity contribution is -0.116. The molecule has 0 unspecified atom stereocenters. The molecule has 2 heterocycles. The number of hydrogen-bond acceptors (Lipinski definition) is 6. The first-order valence-electron chi connectivity index (χ1n) is 9.18. The fourth-order valence-electron chi connectivity index (χ4n) is 3.05. The summed E-state index contributed by atoms with van der Waals surface area (Å²) in [4.78, 5) is 29.1. The van der Waals surface area contributed by atoms with E-state index in [1.54, 1.807) is 29.5 Å². The van der Waals surface area contributed by atoms with Crippen molar-refractivity contribution in [2.24, 2.45) is 0 Å². The Labute approximate surface area is 166 Å². The van der Waals surface area contributed by atoms with Crippen LogP contribution in [0.4, 0.5) is 5.69 Å². The normalized spacial score (nSPS) is 13.2.